The zero-order chi connectivity index (χ0) is 19.4. The van der Waals surface area contributed by atoms with Crippen molar-refractivity contribution in [2.24, 2.45) is 0 Å². The fourth-order valence-corrected chi connectivity index (χ4v) is 3.78. The van der Waals surface area contributed by atoms with E-state index in [1.165, 1.54) is 6.07 Å². The Labute approximate surface area is 155 Å². The third-order valence-corrected chi connectivity index (χ3v) is 4.95. The molecule has 0 fully saturated rings. The van der Waals surface area contributed by atoms with Crippen molar-refractivity contribution in [1.29, 1.82) is 0 Å². The SMILES string of the molecule is CCOC(=O)C1=C(C)NC(C)=C(C(=O)OCC)C1c1ccc(N([O-])O)s1. The molecule has 9 heteroatoms. The maximum Gasteiger partial charge on any atom is 0.336 e. The summed E-state index contributed by atoms with van der Waals surface area (Å²) < 4.78 is 10.3. The summed E-state index contributed by atoms with van der Waals surface area (Å²) in [5.41, 5.74) is 1.64. The van der Waals surface area contributed by atoms with Gasteiger partial charge in [-0.1, -0.05) is 0 Å². The molecule has 2 rings (SSSR count). The number of allylic oxidation sites excluding steroid dienone is 2. The van der Waals surface area contributed by atoms with Crippen LogP contribution in [0.2, 0.25) is 0 Å². The molecule has 0 atom stereocenters. The van der Waals surface area contributed by atoms with Crippen LogP contribution in [0.15, 0.2) is 34.7 Å². The van der Waals surface area contributed by atoms with E-state index in [0.717, 1.165) is 11.3 Å². The van der Waals surface area contributed by atoms with Gasteiger partial charge in [0, 0.05) is 16.3 Å². The van der Waals surface area contributed by atoms with E-state index in [-0.39, 0.29) is 34.6 Å². The van der Waals surface area contributed by atoms with Crippen LogP contribution in [0.5, 0.6) is 0 Å². The summed E-state index contributed by atoms with van der Waals surface area (Å²) >= 11 is 0.982. The Morgan fingerprint density at radius 1 is 1.15 bits per heavy atom. The van der Waals surface area contributed by atoms with Crippen molar-refractivity contribution in [2.75, 3.05) is 18.4 Å². The Balaban J connectivity index is 2.60. The summed E-state index contributed by atoms with van der Waals surface area (Å²) in [7, 11) is 0. The zero-order valence-corrected chi connectivity index (χ0v) is 15.8. The number of rotatable bonds is 6. The molecule has 1 aromatic heterocycles. The summed E-state index contributed by atoms with van der Waals surface area (Å²) in [4.78, 5) is 25.7. The topological polar surface area (TPSA) is 111 Å². The minimum absolute atomic E-state index is 0.0419. The lowest BCUT2D eigenvalue weighted by Gasteiger charge is -2.29. The number of dihydropyridines is 1. The first kappa shape index (κ1) is 20.0. The lowest BCUT2D eigenvalue weighted by molar-refractivity contribution is -0.139. The van der Waals surface area contributed by atoms with Gasteiger partial charge in [0.2, 0.25) is 0 Å². The molecular weight excluding hydrogens is 360 g/mol. The standard InChI is InChI=1S/C17H21N2O6S/c1-5-24-16(20)13-9(3)18-10(4)14(17(21)25-6-2)15(13)11-7-8-12(26-11)19(22)23/h7-8,15,18,22H,5-6H2,1-4H3/q-1. The van der Waals surface area contributed by atoms with E-state index in [2.05, 4.69) is 5.32 Å². The smallest absolute Gasteiger partial charge is 0.336 e. The number of ether oxygens (including phenoxy) is 2. The van der Waals surface area contributed by atoms with E-state index >= 15 is 0 Å². The van der Waals surface area contributed by atoms with Gasteiger partial charge >= 0.3 is 11.9 Å². The molecule has 0 spiro atoms. The highest BCUT2D eigenvalue weighted by molar-refractivity contribution is 7.16. The van der Waals surface area contributed by atoms with E-state index < -0.39 is 17.9 Å². The number of carbonyl (C=O) groups excluding carboxylic acids is 2. The molecule has 0 amide bonds. The van der Waals surface area contributed by atoms with Gasteiger partial charge in [0.15, 0.2) is 0 Å². The minimum Gasteiger partial charge on any atom is -0.733 e. The molecule has 8 nitrogen and oxygen atoms in total. The van der Waals surface area contributed by atoms with Crippen molar-refractivity contribution >= 4 is 28.3 Å². The largest absolute Gasteiger partial charge is 0.733 e. The minimum atomic E-state index is -0.756. The summed E-state index contributed by atoms with van der Waals surface area (Å²) in [6, 6.07) is 3.02. The number of esters is 2. The van der Waals surface area contributed by atoms with Crippen LogP contribution in [-0.4, -0.2) is 30.4 Å². The second-order valence-corrected chi connectivity index (χ2v) is 6.62. The van der Waals surface area contributed by atoms with E-state index in [0.29, 0.717) is 16.3 Å². The van der Waals surface area contributed by atoms with Crippen LogP contribution in [-0.2, 0) is 19.1 Å². The fraction of sp³-hybridized carbons (Fsp3) is 0.412. The third kappa shape index (κ3) is 3.90. The highest BCUT2D eigenvalue weighted by Crippen LogP contribution is 2.43. The van der Waals surface area contributed by atoms with Gasteiger partial charge in [0.25, 0.3) is 0 Å². The van der Waals surface area contributed by atoms with E-state index in [1.807, 2.05) is 0 Å². The molecule has 0 aromatic carbocycles. The Kier molecular flexibility index (Phi) is 6.41. The van der Waals surface area contributed by atoms with E-state index in [1.54, 1.807) is 33.8 Å². The number of nitrogens with zero attached hydrogens (tertiary/aromatic N) is 1. The maximum atomic E-state index is 12.6. The van der Waals surface area contributed by atoms with Crippen LogP contribution < -0.4 is 10.5 Å². The summed E-state index contributed by atoms with van der Waals surface area (Å²) in [5, 5.41) is 23.1. The first-order valence-electron chi connectivity index (χ1n) is 8.10. The van der Waals surface area contributed by atoms with Crippen LogP contribution in [0.25, 0.3) is 0 Å². The Morgan fingerprint density at radius 3 is 2.04 bits per heavy atom. The highest BCUT2D eigenvalue weighted by Gasteiger charge is 2.38. The Bertz CT molecular complexity index is 725. The highest BCUT2D eigenvalue weighted by atomic mass is 32.1. The van der Waals surface area contributed by atoms with Gasteiger partial charge in [-0.3, -0.25) is 5.21 Å². The number of anilines is 1. The molecule has 2 heterocycles. The van der Waals surface area contributed by atoms with Crippen molar-refractivity contribution in [3.8, 4) is 0 Å². The second kappa shape index (κ2) is 8.35. The number of thiophene rings is 1. The Morgan fingerprint density at radius 2 is 1.65 bits per heavy atom. The molecule has 1 aliphatic rings. The molecule has 1 aliphatic heterocycles. The first-order valence-corrected chi connectivity index (χ1v) is 8.92. The number of carbonyl (C=O) groups is 2. The van der Waals surface area contributed by atoms with Gasteiger partial charge in [0.05, 0.1) is 30.3 Å². The number of hydrogen-bond acceptors (Lipinski definition) is 9. The Hall–Kier alpha value is -2.36. The average Bonchev–Trinajstić information content (AvgIpc) is 3.04. The summed E-state index contributed by atoms with van der Waals surface area (Å²) in [6.07, 6.45) is 0. The van der Waals surface area contributed by atoms with Crippen LogP contribution in [0.4, 0.5) is 5.00 Å². The van der Waals surface area contributed by atoms with Crippen molar-refractivity contribution in [3.63, 3.8) is 0 Å². The molecule has 0 aliphatic carbocycles. The molecule has 0 unspecified atom stereocenters. The van der Waals surface area contributed by atoms with E-state index in [4.69, 9.17) is 14.7 Å². The van der Waals surface area contributed by atoms with Gasteiger partial charge in [-0.2, -0.15) is 0 Å². The van der Waals surface area contributed by atoms with Crippen LogP contribution in [0, 0.1) is 5.21 Å². The molecule has 0 radical (unpaired) electrons. The van der Waals surface area contributed by atoms with Gasteiger partial charge in [-0.25, -0.2) is 9.59 Å². The van der Waals surface area contributed by atoms with Crippen molar-refractivity contribution < 1.29 is 24.3 Å². The number of hydrogen-bond donors (Lipinski definition) is 2. The van der Waals surface area contributed by atoms with Gasteiger partial charge in [-0.05, 0) is 39.8 Å². The van der Waals surface area contributed by atoms with Crippen LogP contribution in [0.1, 0.15) is 38.5 Å². The predicted octanol–water partition coefficient (Wildman–Crippen LogP) is 2.80. The molecule has 0 saturated heterocycles. The lowest BCUT2D eigenvalue weighted by Crippen LogP contribution is -2.32. The van der Waals surface area contributed by atoms with Crippen molar-refractivity contribution in [2.45, 2.75) is 33.6 Å². The molecule has 1 aromatic rings. The molecule has 0 bridgehead atoms. The summed E-state index contributed by atoms with van der Waals surface area (Å²) in [6.45, 7) is 7.17. The van der Waals surface area contributed by atoms with Gasteiger partial charge in [0.1, 0.15) is 5.00 Å². The molecule has 26 heavy (non-hydrogen) atoms. The predicted molar refractivity (Wildman–Crippen MR) is 96.5 cm³/mol. The molecule has 2 N–H and O–H groups in total. The number of nitrogens with one attached hydrogen (secondary N) is 1. The second-order valence-electron chi connectivity index (χ2n) is 5.53. The fourth-order valence-electron chi connectivity index (χ4n) is 2.84. The lowest BCUT2D eigenvalue weighted by atomic mass is 9.84. The first-order chi connectivity index (χ1) is 12.3. The summed E-state index contributed by atoms with van der Waals surface area (Å²) in [5.74, 6) is -1.88. The van der Waals surface area contributed by atoms with Crippen LogP contribution >= 0.6 is 11.3 Å². The monoisotopic (exact) mass is 381 g/mol. The van der Waals surface area contributed by atoms with Crippen molar-refractivity contribution in [1.82, 2.24) is 5.32 Å². The quantitative estimate of drug-likeness (QED) is 0.572. The van der Waals surface area contributed by atoms with Crippen LogP contribution in [0.3, 0.4) is 0 Å². The maximum absolute atomic E-state index is 12.6. The van der Waals surface area contributed by atoms with E-state index in [9.17, 15) is 14.8 Å². The third-order valence-electron chi connectivity index (χ3n) is 3.84. The molecule has 142 valence electrons. The van der Waals surface area contributed by atoms with Crippen molar-refractivity contribution in [3.05, 3.63) is 44.8 Å². The van der Waals surface area contributed by atoms with Gasteiger partial charge in [-0.15, -0.1) is 11.3 Å². The van der Waals surface area contributed by atoms with Gasteiger partial charge < -0.3 is 25.2 Å². The normalized spacial score (nSPS) is 15.0. The molecular formula is C17H21N2O6S-. The zero-order valence-electron chi connectivity index (χ0n) is 15.0. The average molecular weight is 381 g/mol. The molecule has 0 saturated carbocycles.